The fraction of sp³-hybridized carbons (Fsp3) is 1.00. The molecular formula is C11H16O2. The molecule has 2 nitrogen and oxygen atoms in total. The van der Waals surface area contributed by atoms with Crippen LogP contribution in [0.3, 0.4) is 0 Å². The van der Waals surface area contributed by atoms with Gasteiger partial charge in [-0.3, -0.25) is 0 Å². The van der Waals surface area contributed by atoms with E-state index in [2.05, 4.69) is 0 Å². The van der Waals surface area contributed by atoms with Crippen molar-refractivity contribution in [1.82, 2.24) is 0 Å². The van der Waals surface area contributed by atoms with E-state index in [0.29, 0.717) is 11.8 Å². The molecule has 0 unspecified atom stereocenters. The summed E-state index contributed by atoms with van der Waals surface area (Å²) in [5.41, 5.74) is 0. The molecule has 0 radical (unpaired) electrons. The van der Waals surface area contributed by atoms with E-state index >= 15 is 0 Å². The number of hydrogen-bond acceptors (Lipinski definition) is 2. The number of aliphatic hydroxyl groups excluding tert-OH is 2. The van der Waals surface area contributed by atoms with Gasteiger partial charge >= 0.3 is 0 Å². The lowest BCUT2D eigenvalue weighted by atomic mass is 9.79. The van der Waals surface area contributed by atoms with Crippen LogP contribution in [0.5, 0.6) is 0 Å². The van der Waals surface area contributed by atoms with Crippen molar-refractivity contribution >= 4 is 0 Å². The Kier molecular flexibility index (Phi) is 1.09. The molecule has 4 aliphatic rings. The summed E-state index contributed by atoms with van der Waals surface area (Å²) in [7, 11) is 0. The van der Waals surface area contributed by atoms with Gasteiger partial charge in [0, 0.05) is 0 Å². The van der Waals surface area contributed by atoms with Gasteiger partial charge in [-0.25, -0.2) is 0 Å². The molecule has 4 aliphatic carbocycles. The average Bonchev–Trinajstić information content (AvgIpc) is 2.67. The largest absolute Gasteiger partial charge is 0.393 e. The van der Waals surface area contributed by atoms with Crippen molar-refractivity contribution < 1.29 is 10.2 Å². The van der Waals surface area contributed by atoms with Gasteiger partial charge in [-0.1, -0.05) is 0 Å². The average molecular weight is 180 g/mol. The third kappa shape index (κ3) is 0.608. The SMILES string of the molecule is O[C@@H]1C[C@H]2[C@H]3C[C@H](O)[C@H]4[C@@H]3C[C@@H]2[C@H]41. The number of hydrogen-bond donors (Lipinski definition) is 2. The van der Waals surface area contributed by atoms with Crippen LogP contribution in [-0.4, -0.2) is 22.4 Å². The molecular weight excluding hydrogens is 164 g/mol. The third-order valence-corrected chi connectivity index (χ3v) is 5.54. The molecule has 0 aromatic heterocycles. The molecule has 0 heterocycles. The van der Waals surface area contributed by atoms with Crippen LogP contribution in [0.1, 0.15) is 19.3 Å². The Labute approximate surface area is 78.0 Å². The lowest BCUT2D eigenvalue weighted by Gasteiger charge is -2.27. The molecule has 0 saturated heterocycles. The summed E-state index contributed by atoms with van der Waals surface area (Å²) in [5.74, 6) is 4.07. The maximum atomic E-state index is 9.93. The van der Waals surface area contributed by atoms with Crippen molar-refractivity contribution in [2.75, 3.05) is 0 Å². The second-order valence-corrected chi connectivity index (χ2v) is 5.65. The molecule has 0 spiro atoms. The van der Waals surface area contributed by atoms with Gasteiger partial charge in [0.05, 0.1) is 12.2 Å². The first-order chi connectivity index (χ1) is 6.27. The lowest BCUT2D eigenvalue weighted by Crippen LogP contribution is -2.30. The minimum Gasteiger partial charge on any atom is -0.393 e. The zero-order valence-electron chi connectivity index (χ0n) is 7.63. The Balaban J connectivity index is 1.86. The zero-order chi connectivity index (χ0) is 8.74. The van der Waals surface area contributed by atoms with E-state index in [9.17, 15) is 10.2 Å². The maximum absolute atomic E-state index is 9.93. The standard InChI is InChI=1S/C11H16O2/c12-8-2-4-5-3-9(13)11-7(5)1-6(4)10(8)11/h4-13H,1-3H2/t4-,5+,6-,7+,8+,9-,10-,11+. The molecule has 0 amide bonds. The zero-order valence-corrected chi connectivity index (χ0v) is 7.63. The highest BCUT2D eigenvalue weighted by Crippen LogP contribution is 2.70. The van der Waals surface area contributed by atoms with Crippen LogP contribution in [0.4, 0.5) is 0 Å². The van der Waals surface area contributed by atoms with Gasteiger partial charge in [0.1, 0.15) is 0 Å². The predicted molar refractivity (Wildman–Crippen MR) is 46.8 cm³/mol. The van der Waals surface area contributed by atoms with E-state index < -0.39 is 0 Å². The van der Waals surface area contributed by atoms with E-state index in [-0.39, 0.29) is 12.2 Å². The van der Waals surface area contributed by atoms with Crippen molar-refractivity contribution in [3.63, 3.8) is 0 Å². The molecule has 4 saturated carbocycles. The van der Waals surface area contributed by atoms with Gasteiger partial charge in [0.15, 0.2) is 0 Å². The molecule has 13 heavy (non-hydrogen) atoms. The van der Waals surface area contributed by atoms with Gasteiger partial charge < -0.3 is 10.2 Å². The van der Waals surface area contributed by atoms with Crippen molar-refractivity contribution in [3.05, 3.63) is 0 Å². The molecule has 4 rings (SSSR count). The molecule has 0 aliphatic heterocycles. The van der Waals surface area contributed by atoms with Crippen LogP contribution in [0.25, 0.3) is 0 Å². The second kappa shape index (κ2) is 1.96. The van der Waals surface area contributed by atoms with Gasteiger partial charge in [-0.15, -0.1) is 0 Å². The molecule has 2 bridgehead atoms. The van der Waals surface area contributed by atoms with E-state index in [0.717, 1.165) is 36.5 Å². The Morgan fingerprint density at radius 1 is 0.615 bits per heavy atom. The Bertz CT molecular complexity index is 235. The summed E-state index contributed by atoms with van der Waals surface area (Å²) >= 11 is 0. The van der Waals surface area contributed by atoms with Crippen LogP contribution in [-0.2, 0) is 0 Å². The first-order valence-electron chi connectivity index (χ1n) is 5.63. The van der Waals surface area contributed by atoms with Crippen LogP contribution >= 0.6 is 0 Å². The first-order valence-corrected chi connectivity index (χ1v) is 5.63. The summed E-state index contributed by atoms with van der Waals surface area (Å²) in [4.78, 5) is 0. The smallest absolute Gasteiger partial charge is 0.0577 e. The second-order valence-electron chi connectivity index (χ2n) is 5.65. The summed E-state index contributed by atoms with van der Waals surface area (Å²) in [6.07, 6.45) is 3.24. The minimum atomic E-state index is -0.0788. The van der Waals surface area contributed by atoms with E-state index in [4.69, 9.17) is 0 Å². The van der Waals surface area contributed by atoms with Crippen molar-refractivity contribution in [1.29, 1.82) is 0 Å². The van der Waals surface area contributed by atoms with Crippen LogP contribution in [0.2, 0.25) is 0 Å². The van der Waals surface area contributed by atoms with Crippen LogP contribution < -0.4 is 0 Å². The number of aliphatic hydroxyl groups is 2. The molecule has 2 heteroatoms. The van der Waals surface area contributed by atoms with Crippen molar-refractivity contribution in [3.8, 4) is 0 Å². The molecule has 8 atom stereocenters. The predicted octanol–water partition coefficient (Wildman–Crippen LogP) is 0.630. The Morgan fingerprint density at radius 3 is 1.54 bits per heavy atom. The first kappa shape index (κ1) is 7.24. The van der Waals surface area contributed by atoms with Crippen LogP contribution in [0.15, 0.2) is 0 Å². The highest BCUT2D eigenvalue weighted by Gasteiger charge is 2.68. The van der Waals surface area contributed by atoms with Gasteiger partial charge in [0.2, 0.25) is 0 Å². The quantitative estimate of drug-likeness (QED) is 0.574. The molecule has 72 valence electrons. The minimum absolute atomic E-state index is 0.0788. The monoisotopic (exact) mass is 180 g/mol. The maximum Gasteiger partial charge on any atom is 0.0577 e. The number of rotatable bonds is 0. The van der Waals surface area contributed by atoms with Crippen molar-refractivity contribution in [2.24, 2.45) is 35.5 Å². The number of fused-ring (bicyclic) bond motifs is 2. The van der Waals surface area contributed by atoms with Gasteiger partial charge in [-0.05, 0) is 54.8 Å². The van der Waals surface area contributed by atoms with Gasteiger partial charge in [0.25, 0.3) is 0 Å². The summed E-state index contributed by atoms with van der Waals surface area (Å²) in [5, 5.41) is 19.9. The third-order valence-electron chi connectivity index (χ3n) is 5.54. The topological polar surface area (TPSA) is 40.5 Å². The van der Waals surface area contributed by atoms with E-state index in [1.54, 1.807) is 0 Å². The Morgan fingerprint density at radius 2 is 1.08 bits per heavy atom. The van der Waals surface area contributed by atoms with Gasteiger partial charge in [-0.2, -0.15) is 0 Å². The van der Waals surface area contributed by atoms with E-state index in [1.807, 2.05) is 0 Å². The molecule has 0 aromatic carbocycles. The lowest BCUT2D eigenvalue weighted by molar-refractivity contribution is 0.0365. The molecule has 0 aromatic rings. The summed E-state index contributed by atoms with van der Waals surface area (Å²) < 4.78 is 0. The highest BCUT2D eigenvalue weighted by atomic mass is 16.3. The summed E-state index contributed by atoms with van der Waals surface area (Å²) in [6, 6.07) is 0. The van der Waals surface area contributed by atoms with Crippen LogP contribution in [0, 0.1) is 35.5 Å². The van der Waals surface area contributed by atoms with E-state index in [1.165, 1.54) is 6.42 Å². The van der Waals surface area contributed by atoms with Crippen molar-refractivity contribution in [2.45, 2.75) is 31.5 Å². The fourth-order valence-corrected chi connectivity index (χ4v) is 5.41. The summed E-state index contributed by atoms with van der Waals surface area (Å²) in [6.45, 7) is 0. The fourth-order valence-electron chi connectivity index (χ4n) is 5.41. The molecule has 2 N–H and O–H groups in total. The normalized spacial score (nSPS) is 72.5. The highest BCUT2D eigenvalue weighted by molar-refractivity contribution is 5.17. The Hall–Kier alpha value is -0.0800. The molecule has 4 fully saturated rings.